The molecule has 2 atom stereocenters. The quantitative estimate of drug-likeness (QED) is 0.750. The molecule has 0 spiro atoms. The third-order valence-electron chi connectivity index (χ3n) is 5.40. The molecule has 3 aromatic rings. The van der Waals surface area contributed by atoms with E-state index in [0.29, 0.717) is 12.0 Å². The molecule has 2 N–H and O–H groups in total. The fourth-order valence-electron chi connectivity index (χ4n) is 3.98. The van der Waals surface area contributed by atoms with E-state index >= 15 is 0 Å². The van der Waals surface area contributed by atoms with Crippen molar-refractivity contribution < 1.29 is 5.11 Å². The maximum atomic E-state index is 9.71. The van der Waals surface area contributed by atoms with Crippen molar-refractivity contribution in [3.8, 4) is 0 Å². The topological polar surface area (TPSA) is 75.9 Å². The number of rotatable bonds is 5. The third kappa shape index (κ3) is 2.57. The van der Waals surface area contributed by atoms with Crippen molar-refractivity contribution in [1.29, 1.82) is 0 Å². The van der Waals surface area contributed by atoms with Crippen molar-refractivity contribution in [2.45, 2.75) is 43.7 Å². The van der Waals surface area contributed by atoms with Gasteiger partial charge in [-0.25, -0.2) is 15.0 Å². The predicted molar refractivity (Wildman–Crippen MR) is 95.6 cm³/mol. The molecular weight excluding hydrogens is 314 g/mol. The lowest BCUT2D eigenvalue weighted by molar-refractivity contribution is 0.259. The fraction of sp³-hybridized carbons (Fsp3) is 0.421. The van der Waals surface area contributed by atoms with Gasteiger partial charge in [-0.15, -0.1) is 0 Å². The van der Waals surface area contributed by atoms with Crippen LogP contribution in [0.5, 0.6) is 0 Å². The molecule has 0 radical (unpaired) electrons. The highest BCUT2D eigenvalue weighted by Gasteiger charge is 2.31. The van der Waals surface area contributed by atoms with Crippen LogP contribution in [0.2, 0.25) is 0 Å². The molecule has 0 bridgehead atoms. The van der Waals surface area contributed by atoms with Crippen molar-refractivity contribution in [3.63, 3.8) is 0 Å². The Morgan fingerprint density at radius 1 is 1.08 bits per heavy atom. The van der Waals surface area contributed by atoms with E-state index in [0.717, 1.165) is 29.9 Å². The van der Waals surface area contributed by atoms with Gasteiger partial charge in [-0.1, -0.05) is 24.3 Å². The zero-order valence-electron chi connectivity index (χ0n) is 14.0. The average Bonchev–Trinajstić information content (AvgIpc) is 3.26. The molecule has 1 saturated carbocycles. The van der Waals surface area contributed by atoms with Gasteiger partial charge in [0, 0.05) is 31.0 Å². The lowest BCUT2D eigenvalue weighted by Gasteiger charge is -2.13. The smallest absolute Gasteiger partial charge is 0.165 e. The summed E-state index contributed by atoms with van der Waals surface area (Å²) in [7, 11) is 0. The van der Waals surface area contributed by atoms with Gasteiger partial charge in [0.25, 0.3) is 0 Å². The number of imidazole rings is 1. The van der Waals surface area contributed by atoms with Gasteiger partial charge in [-0.2, -0.15) is 0 Å². The molecule has 25 heavy (non-hydrogen) atoms. The number of nitrogens with one attached hydrogen (secondary N) is 1. The molecule has 6 nitrogen and oxygen atoms in total. The minimum Gasteiger partial charge on any atom is -0.396 e. The zero-order valence-corrected chi connectivity index (χ0v) is 14.0. The van der Waals surface area contributed by atoms with Crippen LogP contribution in [0.3, 0.4) is 0 Å². The van der Waals surface area contributed by atoms with Gasteiger partial charge in [0.05, 0.1) is 6.33 Å². The lowest BCUT2D eigenvalue weighted by Crippen LogP contribution is -2.08. The van der Waals surface area contributed by atoms with E-state index in [4.69, 9.17) is 0 Å². The number of aliphatic hydroxyl groups excluding tert-OH is 1. The molecule has 2 aliphatic rings. The summed E-state index contributed by atoms with van der Waals surface area (Å²) in [6.45, 7) is 1.03. The van der Waals surface area contributed by atoms with Crippen LogP contribution in [0.15, 0.2) is 36.9 Å². The normalized spacial score (nSPS) is 22.3. The van der Waals surface area contributed by atoms with Gasteiger partial charge in [0.2, 0.25) is 0 Å². The molecule has 128 valence electrons. The van der Waals surface area contributed by atoms with Crippen LogP contribution in [-0.4, -0.2) is 37.3 Å². The maximum absolute atomic E-state index is 9.71. The summed E-state index contributed by atoms with van der Waals surface area (Å²) >= 11 is 0. The van der Waals surface area contributed by atoms with Crippen molar-refractivity contribution in [1.82, 2.24) is 19.5 Å². The molecule has 0 unspecified atom stereocenters. The van der Waals surface area contributed by atoms with Crippen LogP contribution in [0, 0.1) is 0 Å². The van der Waals surface area contributed by atoms with Gasteiger partial charge >= 0.3 is 0 Å². The predicted octanol–water partition coefficient (Wildman–Crippen LogP) is 2.66. The summed E-state index contributed by atoms with van der Waals surface area (Å²) in [6, 6.07) is 9.00. The van der Waals surface area contributed by atoms with Crippen LogP contribution in [0.1, 0.15) is 42.2 Å². The summed E-state index contributed by atoms with van der Waals surface area (Å²) in [6.07, 6.45) is 6.85. The maximum Gasteiger partial charge on any atom is 0.165 e. The van der Waals surface area contributed by atoms with E-state index in [1.54, 1.807) is 6.33 Å². The molecule has 0 aliphatic heterocycles. The lowest BCUT2D eigenvalue weighted by atomic mass is 10.0. The Bertz CT molecular complexity index is 917. The van der Waals surface area contributed by atoms with Gasteiger partial charge < -0.3 is 15.0 Å². The molecule has 2 aliphatic carbocycles. The van der Waals surface area contributed by atoms with Gasteiger partial charge in [0.15, 0.2) is 11.5 Å². The Hall–Kier alpha value is -2.47. The minimum absolute atomic E-state index is 0.204. The van der Waals surface area contributed by atoms with Crippen molar-refractivity contribution >= 4 is 17.0 Å². The van der Waals surface area contributed by atoms with Crippen molar-refractivity contribution in [2.24, 2.45) is 0 Å². The molecule has 0 amide bonds. The second-order valence-electron chi connectivity index (χ2n) is 7.15. The van der Waals surface area contributed by atoms with E-state index in [2.05, 4.69) is 49.1 Å². The molecule has 2 heterocycles. The number of nitrogens with zero attached hydrogens (tertiary/aromatic N) is 4. The van der Waals surface area contributed by atoms with Gasteiger partial charge in [-0.05, 0) is 30.4 Å². The monoisotopic (exact) mass is 335 g/mol. The summed E-state index contributed by atoms with van der Waals surface area (Å²) in [5.74, 6) is 1.45. The van der Waals surface area contributed by atoms with Crippen LogP contribution >= 0.6 is 0 Å². The number of benzene rings is 1. The van der Waals surface area contributed by atoms with E-state index < -0.39 is 0 Å². The summed E-state index contributed by atoms with van der Waals surface area (Å²) in [5, 5.41) is 13.1. The Morgan fingerprint density at radius 3 is 2.64 bits per heavy atom. The van der Waals surface area contributed by atoms with Crippen LogP contribution in [-0.2, 0) is 6.54 Å². The first-order valence-electron chi connectivity index (χ1n) is 8.95. The average molecular weight is 335 g/mol. The van der Waals surface area contributed by atoms with Gasteiger partial charge in [-0.3, -0.25) is 0 Å². The third-order valence-corrected chi connectivity index (χ3v) is 5.40. The summed E-state index contributed by atoms with van der Waals surface area (Å²) in [4.78, 5) is 13.4. The zero-order chi connectivity index (χ0) is 16.8. The highest BCUT2D eigenvalue weighted by atomic mass is 16.3. The second-order valence-corrected chi connectivity index (χ2v) is 7.15. The summed E-state index contributed by atoms with van der Waals surface area (Å²) < 4.78 is 2.12. The first-order chi connectivity index (χ1) is 12.3. The van der Waals surface area contributed by atoms with E-state index in [9.17, 15) is 5.11 Å². The van der Waals surface area contributed by atoms with Crippen molar-refractivity contribution in [3.05, 3.63) is 48.0 Å². The van der Waals surface area contributed by atoms with Gasteiger partial charge in [0.1, 0.15) is 11.8 Å². The standard InChI is InChI=1S/C19H21N5O/c25-9-13-7-12(15-3-1-2-4-16(13)15)8-24-11-22-17-18(23-14-5-6-14)20-10-21-19(17)24/h1-4,10-14,25H,5-9H2,(H,20,21,23)/t12-,13+/m0/s1. The Morgan fingerprint density at radius 2 is 1.88 bits per heavy atom. The van der Waals surface area contributed by atoms with Crippen LogP contribution < -0.4 is 5.32 Å². The van der Waals surface area contributed by atoms with Crippen LogP contribution in [0.25, 0.3) is 11.2 Å². The number of hydrogen-bond acceptors (Lipinski definition) is 5. The molecular formula is C19H21N5O. The number of aromatic nitrogens is 4. The Kier molecular flexibility index (Phi) is 3.45. The first-order valence-corrected chi connectivity index (χ1v) is 8.95. The van der Waals surface area contributed by atoms with Crippen molar-refractivity contribution in [2.75, 3.05) is 11.9 Å². The molecule has 0 saturated heterocycles. The second kappa shape index (κ2) is 5.81. The first kappa shape index (κ1) is 14.8. The number of fused-ring (bicyclic) bond motifs is 2. The van der Waals surface area contributed by atoms with E-state index in [1.165, 1.54) is 24.0 Å². The number of aliphatic hydroxyl groups is 1. The highest BCUT2D eigenvalue weighted by Crippen LogP contribution is 2.42. The Balaban J connectivity index is 1.47. The fourth-order valence-corrected chi connectivity index (χ4v) is 3.98. The molecule has 6 heteroatoms. The Labute approximate surface area is 146 Å². The highest BCUT2D eigenvalue weighted by molar-refractivity contribution is 5.82. The summed E-state index contributed by atoms with van der Waals surface area (Å²) in [5.41, 5.74) is 4.35. The van der Waals surface area contributed by atoms with Crippen LogP contribution in [0.4, 0.5) is 5.82 Å². The SMILES string of the molecule is OC[C@H]1C[C@@H](Cn2cnc3c(NC4CC4)ncnc32)c2ccccc21. The minimum atomic E-state index is 0.204. The number of anilines is 1. The van der Waals surface area contributed by atoms with E-state index in [1.807, 2.05) is 6.33 Å². The van der Waals surface area contributed by atoms with E-state index in [-0.39, 0.29) is 12.5 Å². The molecule has 1 fully saturated rings. The number of hydrogen-bond donors (Lipinski definition) is 2. The molecule has 2 aromatic heterocycles. The molecule has 1 aromatic carbocycles. The largest absolute Gasteiger partial charge is 0.396 e. The molecule has 5 rings (SSSR count).